The van der Waals surface area contributed by atoms with Crippen LogP contribution in [0.25, 0.3) is 0 Å². The summed E-state index contributed by atoms with van der Waals surface area (Å²) in [4.78, 5) is 16.8. The Morgan fingerprint density at radius 3 is 2.48 bits per heavy atom. The van der Waals surface area contributed by atoms with Gasteiger partial charge in [-0.3, -0.25) is 9.69 Å². The lowest BCUT2D eigenvalue weighted by atomic mass is 10.2. The van der Waals surface area contributed by atoms with E-state index in [9.17, 15) is 4.79 Å². The Labute approximate surface area is 149 Å². The van der Waals surface area contributed by atoms with Crippen molar-refractivity contribution in [3.8, 4) is 0 Å². The Kier molecular flexibility index (Phi) is 6.81. The van der Waals surface area contributed by atoms with E-state index in [0.717, 1.165) is 44.2 Å². The second-order valence-electron chi connectivity index (χ2n) is 7.04. The van der Waals surface area contributed by atoms with Crippen LogP contribution in [0.5, 0.6) is 0 Å². The van der Waals surface area contributed by atoms with E-state index in [2.05, 4.69) is 37.8 Å². The molecular formula is C18H27ClN2OS. The van der Waals surface area contributed by atoms with Crippen molar-refractivity contribution in [3.63, 3.8) is 0 Å². The van der Waals surface area contributed by atoms with Crippen LogP contribution in [-0.2, 0) is 11.3 Å². The van der Waals surface area contributed by atoms with Crippen LogP contribution in [0.3, 0.4) is 0 Å². The number of benzene rings is 1. The van der Waals surface area contributed by atoms with Gasteiger partial charge in [-0.05, 0) is 24.1 Å². The average molecular weight is 355 g/mol. The zero-order chi connectivity index (χ0) is 16.9. The van der Waals surface area contributed by atoms with Crippen LogP contribution in [-0.4, -0.2) is 52.4 Å². The molecule has 1 heterocycles. The largest absolute Gasteiger partial charge is 0.341 e. The van der Waals surface area contributed by atoms with Gasteiger partial charge in [0.05, 0.1) is 5.75 Å². The molecule has 1 aromatic carbocycles. The van der Waals surface area contributed by atoms with E-state index in [-0.39, 0.29) is 10.7 Å². The van der Waals surface area contributed by atoms with Crippen molar-refractivity contribution in [2.75, 3.05) is 31.9 Å². The number of rotatable bonds is 4. The number of amides is 1. The van der Waals surface area contributed by atoms with Crippen molar-refractivity contribution in [3.05, 3.63) is 34.9 Å². The maximum Gasteiger partial charge on any atom is 0.232 e. The maximum atomic E-state index is 12.4. The Balaban J connectivity index is 1.82. The molecular weight excluding hydrogens is 328 g/mol. The van der Waals surface area contributed by atoms with Gasteiger partial charge in [0.25, 0.3) is 0 Å². The van der Waals surface area contributed by atoms with Gasteiger partial charge in [0.1, 0.15) is 0 Å². The minimum Gasteiger partial charge on any atom is -0.341 e. The minimum absolute atomic E-state index is 0.141. The van der Waals surface area contributed by atoms with Crippen LogP contribution >= 0.6 is 23.4 Å². The number of nitrogens with zero attached hydrogens (tertiary/aromatic N) is 2. The molecule has 1 fully saturated rings. The number of thioether (sulfide) groups is 1. The summed E-state index contributed by atoms with van der Waals surface area (Å²) in [6, 6.07) is 8.04. The molecule has 23 heavy (non-hydrogen) atoms. The predicted molar refractivity (Wildman–Crippen MR) is 100 cm³/mol. The molecule has 1 aromatic rings. The van der Waals surface area contributed by atoms with Gasteiger partial charge in [0.15, 0.2) is 0 Å². The number of halogens is 1. The third-order valence-corrected chi connectivity index (χ3v) is 5.40. The van der Waals surface area contributed by atoms with E-state index in [1.54, 1.807) is 11.8 Å². The van der Waals surface area contributed by atoms with Gasteiger partial charge in [-0.15, -0.1) is 11.8 Å². The van der Waals surface area contributed by atoms with Gasteiger partial charge in [0.2, 0.25) is 5.91 Å². The normalized spacial score (nSPS) is 17.1. The summed E-state index contributed by atoms with van der Waals surface area (Å²) < 4.78 is 0.141. The first kappa shape index (κ1) is 18.6. The highest BCUT2D eigenvalue weighted by Crippen LogP contribution is 2.23. The first-order chi connectivity index (χ1) is 10.8. The van der Waals surface area contributed by atoms with Gasteiger partial charge in [0, 0.05) is 42.5 Å². The molecule has 5 heteroatoms. The van der Waals surface area contributed by atoms with E-state index >= 15 is 0 Å². The van der Waals surface area contributed by atoms with Crippen molar-refractivity contribution in [1.82, 2.24) is 9.80 Å². The summed E-state index contributed by atoms with van der Waals surface area (Å²) >= 11 is 7.67. The van der Waals surface area contributed by atoms with Crippen molar-refractivity contribution in [1.29, 1.82) is 0 Å². The molecule has 3 nitrogen and oxygen atoms in total. The Hall–Kier alpha value is -0.710. The van der Waals surface area contributed by atoms with Gasteiger partial charge >= 0.3 is 0 Å². The molecule has 0 bridgehead atoms. The highest BCUT2D eigenvalue weighted by Gasteiger charge is 2.21. The smallest absolute Gasteiger partial charge is 0.232 e. The molecule has 0 aliphatic carbocycles. The summed E-state index contributed by atoms with van der Waals surface area (Å²) in [5, 5.41) is 0.776. The SMILES string of the molecule is CC(C)(C)SCC(=O)N1CCCN(Cc2ccc(Cl)cc2)CC1. The van der Waals surface area contributed by atoms with Crippen LogP contribution in [0, 0.1) is 0 Å². The molecule has 1 aliphatic rings. The first-order valence-corrected chi connectivity index (χ1v) is 9.58. The van der Waals surface area contributed by atoms with Crippen molar-refractivity contribution in [2.45, 2.75) is 38.5 Å². The molecule has 0 spiro atoms. The zero-order valence-corrected chi connectivity index (χ0v) is 15.9. The summed E-state index contributed by atoms with van der Waals surface area (Å²) in [7, 11) is 0. The molecule has 2 rings (SSSR count). The standard InChI is InChI=1S/C18H27ClN2OS/c1-18(2,3)23-14-17(22)21-10-4-9-20(11-12-21)13-15-5-7-16(19)8-6-15/h5-8H,4,9-14H2,1-3H3. The number of carbonyl (C=O) groups excluding carboxylic acids is 1. The quantitative estimate of drug-likeness (QED) is 0.819. The minimum atomic E-state index is 0.141. The molecule has 0 saturated carbocycles. The van der Waals surface area contributed by atoms with Crippen LogP contribution < -0.4 is 0 Å². The molecule has 0 atom stereocenters. The summed E-state index contributed by atoms with van der Waals surface area (Å²) in [6.07, 6.45) is 1.04. The van der Waals surface area contributed by atoms with E-state index in [1.807, 2.05) is 17.0 Å². The lowest BCUT2D eigenvalue weighted by Gasteiger charge is -2.24. The predicted octanol–water partition coefficient (Wildman–Crippen LogP) is 3.91. The topological polar surface area (TPSA) is 23.6 Å². The van der Waals surface area contributed by atoms with Gasteiger partial charge in [-0.25, -0.2) is 0 Å². The third kappa shape index (κ3) is 6.74. The fourth-order valence-electron chi connectivity index (χ4n) is 2.60. The molecule has 128 valence electrons. The lowest BCUT2D eigenvalue weighted by molar-refractivity contribution is -0.128. The number of hydrogen-bond acceptors (Lipinski definition) is 3. The summed E-state index contributed by atoms with van der Waals surface area (Å²) in [5.41, 5.74) is 1.28. The monoisotopic (exact) mass is 354 g/mol. The molecule has 1 amide bonds. The average Bonchev–Trinajstić information content (AvgIpc) is 2.72. The second kappa shape index (κ2) is 8.41. The zero-order valence-electron chi connectivity index (χ0n) is 14.3. The second-order valence-corrected chi connectivity index (χ2v) is 9.28. The van der Waals surface area contributed by atoms with Crippen LogP contribution in [0.4, 0.5) is 0 Å². The Morgan fingerprint density at radius 1 is 1.13 bits per heavy atom. The lowest BCUT2D eigenvalue weighted by Crippen LogP contribution is -2.36. The summed E-state index contributed by atoms with van der Waals surface area (Å²) in [6.45, 7) is 11.1. The molecule has 0 unspecified atom stereocenters. The molecule has 0 radical (unpaired) electrons. The van der Waals surface area contributed by atoms with Crippen LogP contribution in [0.2, 0.25) is 5.02 Å². The molecule has 1 aliphatic heterocycles. The van der Waals surface area contributed by atoms with Crippen LogP contribution in [0.1, 0.15) is 32.8 Å². The molecule has 0 N–H and O–H groups in total. The van der Waals surface area contributed by atoms with Gasteiger partial charge < -0.3 is 4.90 Å². The Morgan fingerprint density at radius 2 is 1.83 bits per heavy atom. The molecule has 0 aromatic heterocycles. The van der Waals surface area contributed by atoms with Crippen molar-refractivity contribution < 1.29 is 4.79 Å². The van der Waals surface area contributed by atoms with E-state index in [4.69, 9.17) is 11.6 Å². The molecule has 1 saturated heterocycles. The fourth-order valence-corrected chi connectivity index (χ4v) is 3.46. The Bertz CT molecular complexity index is 513. The highest BCUT2D eigenvalue weighted by molar-refractivity contribution is 8.01. The summed E-state index contributed by atoms with van der Waals surface area (Å²) in [5.74, 6) is 0.860. The van der Waals surface area contributed by atoms with E-state index < -0.39 is 0 Å². The van der Waals surface area contributed by atoms with E-state index in [1.165, 1.54) is 5.56 Å². The first-order valence-electron chi connectivity index (χ1n) is 8.22. The van der Waals surface area contributed by atoms with Gasteiger partial charge in [-0.1, -0.05) is 44.5 Å². The maximum absolute atomic E-state index is 12.4. The van der Waals surface area contributed by atoms with E-state index in [0.29, 0.717) is 5.75 Å². The van der Waals surface area contributed by atoms with Crippen molar-refractivity contribution in [2.24, 2.45) is 0 Å². The third-order valence-electron chi connectivity index (χ3n) is 3.89. The van der Waals surface area contributed by atoms with Crippen molar-refractivity contribution >= 4 is 29.3 Å². The number of hydrogen-bond donors (Lipinski definition) is 0. The van der Waals surface area contributed by atoms with Gasteiger partial charge in [-0.2, -0.15) is 0 Å². The number of carbonyl (C=O) groups is 1. The fraction of sp³-hybridized carbons (Fsp3) is 0.611. The highest BCUT2D eigenvalue weighted by atomic mass is 35.5. The van der Waals surface area contributed by atoms with Crippen LogP contribution in [0.15, 0.2) is 24.3 Å².